The summed E-state index contributed by atoms with van der Waals surface area (Å²) in [6.07, 6.45) is 3.73. The molecule has 1 saturated heterocycles. The van der Waals surface area contributed by atoms with Crippen molar-refractivity contribution in [3.05, 3.63) is 12.7 Å². The molecular formula is C16H25N5O3. The topological polar surface area (TPSA) is 97.3 Å². The van der Waals surface area contributed by atoms with Crippen molar-refractivity contribution in [2.24, 2.45) is 0 Å². The van der Waals surface area contributed by atoms with Crippen LogP contribution in [0.3, 0.4) is 0 Å². The zero-order chi connectivity index (χ0) is 17.3. The van der Waals surface area contributed by atoms with Gasteiger partial charge in [-0.1, -0.05) is 0 Å². The second kappa shape index (κ2) is 7.00. The first-order chi connectivity index (χ1) is 11.5. The molecule has 24 heavy (non-hydrogen) atoms. The third-order valence-electron chi connectivity index (χ3n) is 3.92. The van der Waals surface area contributed by atoms with E-state index in [-0.39, 0.29) is 30.6 Å². The minimum Gasteiger partial charge on any atom is -0.382 e. The molecule has 132 valence electrons. The number of rotatable bonds is 6. The molecule has 8 heteroatoms. The van der Waals surface area contributed by atoms with Crippen LogP contribution in [0, 0.1) is 0 Å². The van der Waals surface area contributed by atoms with E-state index in [1.807, 2.05) is 32.3 Å². The standard InChI is InChI=1S/C16H25N5O3/c1-9(2)22-6-12-11(23-10(3)4)5-13(24-12)21-8-20-14-15(17)18-7-19-16(14)21/h7-13H,5-6H2,1-4H3,(H2,17,18,19)/t11-,12+,13-/m0/s1. The lowest BCUT2D eigenvalue weighted by molar-refractivity contribution is -0.0952. The van der Waals surface area contributed by atoms with Crippen molar-refractivity contribution < 1.29 is 14.2 Å². The lowest BCUT2D eigenvalue weighted by Crippen LogP contribution is -2.32. The summed E-state index contributed by atoms with van der Waals surface area (Å²) in [5.74, 6) is 0.367. The first-order valence-corrected chi connectivity index (χ1v) is 8.31. The number of nitrogens with two attached hydrogens (primary N) is 1. The van der Waals surface area contributed by atoms with Crippen LogP contribution in [0.15, 0.2) is 12.7 Å². The van der Waals surface area contributed by atoms with Gasteiger partial charge in [0.15, 0.2) is 11.5 Å². The molecule has 3 heterocycles. The van der Waals surface area contributed by atoms with Crippen LogP contribution in [0.4, 0.5) is 5.82 Å². The van der Waals surface area contributed by atoms with Crippen LogP contribution in [0.1, 0.15) is 40.3 Å². The summed E-state index contributed by atoms with van der Waals surface area (Å²) >= 11 is 0. The van der Waals surface area contributed by atoms with Crippen LogP contribution < -0.4 is 5.73 Å². The Labute approximate surface area is 141 Å². The van der Waals surface area contributed by atoms with Crippen LogP contribution in [-0.4, -0.2) is 50.5 Å². The van der Waals surface area contributed by atoms with Crippen molar-refractivity contribution in [3.63, 3.8) is 0 Å². The predicted octanol–water partition coefficient (Wildman–Crippen LogP) is 1.91. The lowest BCUT2D eigenvalue weighted by atomic mass is 10.1. The van der Waals surface area contributed by atoms with Gasteiger partial charge in [-0.25, -0.2) is 15.0 Å². The Balaban J connectivity index is 1.81. The highest BCUT2D eigenvalue weighted by Crippen LogP contribution is 2.33. The molecule has 0 unspecified atom stereocenters. The monoisotopic (exact) mass is 335 g/mol. The van der Waals surface area contributed by atoms with Crippen molar-refractivity contribution in [2.75, 3.05) is 12.3 Å². The fourth-order valence-electron chi connectivity index (χ4n) is 2.88. The number of nitrogen functional groups attached to an aromatic ring is 1. The third-order valence-corrected chi connectivity index (χ3v) is 3.92. The highest BCUT2D eigenvalue weighted by atomic mass is 16.6. The Morgan fingerprint density at radius 3 is 2.75 bits per heavy atom. The van der Waals surface area contributed by atoms with Gasteiger partial charge in [0.2, 0.25) is 0 Å². The Morgan fingerprint density at radius 2 is 2.04 bits per heavy atom. The Kier molecular flexibility index (Phi) is 4.98. The third kappa shape index (κ3) is 3.50. The minimum absolute atomic E-state index is 0.0367. The van der Waals surface area contributed by atoms with Gasteiger partial charge in [0.1, 0.15) is 24.2 Å². The molecule has 1 fully saturated rings. The van der Waals surface area contributed by atoms with E-state index >= 15 is 0 Å². The normalized spacial score (nSPS) is 24.5. The molecule has 0 aromatic carbocycles. The number of hydrogen-bond acceptors (Lipinski definition) is 7. The average Bonchev–Trinajstić information content (AvgIpc) is 3.09. The fourth-order valence-corrected chi connectivity index (χ4v) is 2.88. The SMILES string of the molecule is CC(C)OC[C@H]1O[C@H](n2cnc3c(N)ncnc32)C[C@@H]1OC(C)C. The summed E-state index contributed by atoms with van der Waals surface area (Å²) in [6, 6.07) is 0. The second-order valence-electron chi connectivity index (χ2n) is 6.55. The summed E-state index contributed by atoms with van der Waals surface area (Å²) in [4.78, 5) is 12.6. The van der Waals surface area contributed by atoms with Gasteiger partial charge in [0.25, 0.3) is 0 Å². The summed E-state index contributed by atoms with van der Waals surface area (Å²) in [5, 5.41) is 0. The molecule has 0 radical (unpaired) electrons. The van der Waals surface area contributed by atoms with Gasteiger partial charge in [-0.05, 0) is 27.7 Å². The molecule has 0 spiro atoms. The molecule has 1 aliphatic heterocycles. The number of fused-ring (bicyclic) bond motifs is 1. The van der Waals surface area contributed by atoms with Crippen LogP contribution in [-0.2, 0) is 14.2 Å². The van der Waals surface area contributed by atoms with Gasteiger partial charge in [0.05, 0.1) is 31.2 Å². The molecule has 0 saturated carbocycles. The molecular weight excluding hydrogens is 310 g/mol. The maximum atomic E-state index is 6.19. The van der Waals surface area contributed by atoms with E-state index in [1.54, 1.807) is 6.33 Å². The highest BCUT2D eigenvalue weighted by molar-refractivity contribution is 5.81. The smallest absolute Gasteiger partial charge is 0.167 e. The molecule has 3 rings (SSSR count). The number of ether oxygens (including phenoxy) is 3. The van der Waals surface area contributed by atoms with Crippen LogP contribution in [0.25, 0.3) is 11.2 Å². The highest BCUT2D eigenvalue weighted by Gasteiger charge is 2.38. The van der Waals surface area contributed by atoms with E-state index in [2.05, 4.69) is 15.0 Å². The largest absolute Gasteiger partial charge is 0.382 e. The van der Waals surface area contributed by atoms with Gasteiger partial charge in [0, 0.05) is 6.42 Å². The predicted molar refractivity (Wildman–Crippen MR) is 89.4 cm³/mol. The van der Waals surface area contributed by atoms with Crippen molar-refractivity contribution in [2.45, 2.75) is 64.8 Å². The van der Waals surface area contributed by atoms with E-state index in [1.165, 1.54) is 6.33 Å². The van der Waals surface area contributed by atoms with E-state index in [0.29, 0.717) is 30.0 Å². The van der Waals surface area contributed by atoms with E-state index in [9.17, 15) is 0 Å². The van der Waals surface area contributed by atoms with Crippen LogP contribution in [0.5, 0.6) is 0 Å². The Bertz CT molecular complexity index is 687. The average molecular weight is 335 g/mol. The molecule has 8 nitrogen and oxygen atoms in total. The van der Waals surface area contributed by atoms with Crippen LogP contribution in [0.2, 0.25) is 0 Å². The second-order valence-corrected chi connectivity index (χ2v) is 6.55. The minimum atomic E-state index is -0.214. The summed E-state index contributed by atoms with van der Waals surface area (Å²) in [6.45, 7) is 8.55. The molecule has 1 aliphatic rings. The van der Waals surface area contributed by atoms with Gasteiger partial charge >= 0.3 is 0 Å². The first kappa shape index (κ1) is 17.1. The van der Waals surface area contributed by atoms with Crippen LogP contribution >= 0.6 is 0 Å². The molecule has 2 N–H and O–H groups in total. The molecule has 0 aliphatic carbocycles. The lowest BCUT2D eigenvalue weighted by Gasteiger charge is -2.21. The quantitative estimate of drug-likeness (QED) is 0.861. The molecule has 0 amide bonds. The maximum Gasteiger partial charge on any atom is 0.167 e. The van der Waals surface area contributed by atoms with E-state index in [4.69, 9.17) is 19.9 Å². The first-order valence-electron chi connectivity index (χ1n) is 8.31. The van der Waals surface area contributed by atoms with Gasteiger partial charge in [-0.2, -0.15) is 0 Å². The molecule has 2 aromatic heterocycles. The summed E-state index contributed by atoms with van der Waals surface area (Å²) in [5.41, 5.74) is 7.11. The zero-order valence-corrected chi connectivity index (χ0v) is 14.5. The number of anilines is 1. The van der Waals surface area contributed by atoms with E-state index < -0.39 is 0 Å². The zero-order valence-electron chi connectivity index (χ0n) is 14.5. The van der Waals surface area contributed by atoms with Gasteiger partial charge in [-0.15, -0.1) is 0 Å². The van der Waals surface area contributed by atoms with Gasteiger partial charge < -0.3 is 19.9 Å². The fraction of sp³-hybridized carbons (Fsp3) is 0.688. The van der Waals surface area contributed by atoms with Crippen molar-refractivity contribution in [3.8, 4) is 0 Å². The molecule has 0 bridgehead atoms. The van der Waals surface area contributed by atoms with Crippen molar-refractivity contribution in [1.82, 2.24) is 19.5 Å². The van der Waals surface area contributed by atoms with Gasteiger partial charge in [-0.3, -0.25) is 4.57 Å². The maximum absolute atomic E-state index is 6.19. The Hall–Kier alpha value is -1.77. The molecule has 3 atom stereocenters. The summed E-state index contributed by atoms with van der Waals surface area (Å²) < 4.78 is 19.8. The van der Waals surface area contributed by atoms with Crippen molar-refractivity contribution >= 4 is 17.0 Å². The number of imidazole rings is 1. The number of hydrogen-bond donors (Lipinski definition) is 1. The van der Waals surface area contributed by atoms with E-state index in [0.717, 1.165) is 0 Å². The summed E-state index contributed by atoms with van der Waals surface area (Å²) in [7, 11) is 0. The Morgan fingerprint density at radius 1 is 1.25 bits per heavy atom. The van der Waals surface area contributed by atoms with Crippen molar-refractivity contribution in [1.29, 1.82) is 0 Å². The molecule has 2 aromatic rings. The number of aromatic nitrogens is 4. The number of nitrogens with zero attached hydrogens (tertiary/aromatic N) is 4.